The van der Waals surface area contributed by atoms with Crippen LogP contribution >= 0.6 is 23.1 Å². The normalized spacial score (nSPS) is 22.8. The number of fused-ring (bicyclic) bond motifs is 2. The maximum Gasteiger partial charge on any atom is 0.416 e. The molecule has 7 nitrogen and oxygen atoms in total. The molecule has 3 aromatic rings. The molecule has 2 saturated heterocycles. The van der Waals surface area contributed by atoms with Gasteiger partial charge in [0.25, 0.3) is 0 Å². The van der Waals surface area contributed by atoms with E-state index in [1.807, 2.05) is 0 Å². The van der Waals surface area contributed by atoms with Crippen molar-refractivity contribution in [3.63, 3.8) is 0 Å². The van der Waals surface area contributed by atoms with Crippen LogP contribution in [-0.2, 0) is 27.1 Å². The fraction of sp³-hybridized carbons (Fsp3) is 0.357. The summed E-state index contributed by atoms with van der Waals surface area (Å²) < 4.78 is 41.7. The lowest BCUT2D eigenvalue weighted by Crippen LogP contribution is -2.39. The number of benzene rings is 2. The summed E-state index contributed by atoms with van der Waals surface area (Å²) in [6.07, 6.45) is -1.79. The van der Waals surface area contributed by atoms with E-state index in [0.717, 1.165) is 59.4 Å². The Morgan fingerprint density at radius 2 is 1.65 bits per heavy atom. The summed E-state index contributed by atoms with van der Waals surface area (Å²) in [4.78, 5) is 56.7. The van der Waals surface area contributed by atoms with E-state index < -0.39 is 40.6 Å². The Balaban J connectivity index is 1.42. The number of anilines is 1. The Hall–Kier alpha value is -3.38. The number of piperidine rings is 1. The van der Waals surface area contributed by atoms with Gasteiger partial charge in [0.2, 0.25) is 17.7 Å². The van der Waals surface area contributed by atoms with Gasteiger partial charge in [-0.1, -0.05) is 59.5 Å². The van der Waals surface area contributed by atoms with E-state index in [4.69, 9.17) is 0 Å². The number of hydrogen-bond donors (Lipinski definition) is 0. The first kappa shape index (κ1) is 26.8. The van der Waals surface area contributed by atoms with Gasteiger partial charge in [-0.3, -0.25) is 23.7 Å². The number of nitrogens with zero attached hydrogens (tertiary/aromatic N) is 3. The number of imide groups is 1. The molecule has 3 aliphatic rings. The minimum atomic E-state index is -4.64. The molecule has 3 atom stereocenters. The van der Waals surface area contributed by atoms with Crippen molar-refractivity contribution in [2.45, 2.75) is 48.2 Å². The van der Waals surface area contributed by atoms with Crippen molar-refractivity contribution >= 4 is 46.5 Å². The van der Waals surface area contributed by atoms with Crippen molar-refractivity contribution in [3.8, 4) is 0 Å². The lowest BCUT2D eigenvalue weighted by Gasteiger charge is -2.31. The molecular weight excluding hydrogens is 563 g/mol. The maximum atomic E-state index is 13.9. The van der Waals surface area contributed by atoms with Crippen LogP contribution in [0.1, 0.15) is 41.2 Å². The van der Waals surface area contributed by atoms with Crippen molar-refractivity contribution in [1.82, 2.24) is 9.47 Å². The second-order valence-corrected chi connectivity index (χ2v) is 12.2. The highest BCUT2D eigenvalue weighted by Crippen LogP contribution is 2.54. The average Bonchev–Trinajstić information content (AvgIpc) is 3.39. The molecule has 0 spiro atoms. The van der Waals surface area contributed by atoms with Gasteiger partial charge in [0.15, 0.2) is 0 Å². The molecule has 3 aliphatic heterocycles. The Labute approximate surface area is 235 Å². The fourth-order valence-electron chi connectivity index (χ4n) is 5.73. The minimum Gasteiger partial charge on any atom is -0.341 e. The summed E-state index contributed by atoms with van der Waals surface area (Å²) >= 11 is 2.00. The quantitative estimate of drug-likeness (QED) is 0.413. The van der Waals surface area contributed by atoms with Gasteiger partial charge in [-0.15, -0.1) is 0 Å². The van der Waals surface area contributed by atoms with Gasteiger partial charge in [0.05, 0.1) is 22.2 Å². The first-order chi connectivity index (χ1) is 19.1. The molecule has 0 aliphatic carbocycles. The molecular formula is C28H24F3N3O4S2. The van der Waals surface area contributed by atoms with Crippen LogP contribution in [0.25, 0.3) is 0 Å². The van der Waals surface area contributed by atoms with Crippen molar-refractivity contribution in [1.29, 1.82) is 0 Å². The average molecular weight is 588 g/mol. The van der Waals surface area contributed by atoms with Gasteiger partial charge in [-0.2, -0.15) is 13.2 Å². The zero-order valence-corrected chi connectivity index (χ0v) is 22.7. The molecule has 2 unspecified atom stereocenters. The molecule has 4 heterocycles. The number of amides is 3. The molecule has 0 bridgehead atoms. The van der Waals surface area contributed by atoms with Gasteiger partial charge in [-0.25, -0.2) is 4.90 Å². The van der Waals surface area contributed by atoms with E-state index in [9.17, 15) is 32.3 Å². The Morgan fingerprint density at radius 3 is 2.35 bits per heavy atom. The summed E-state index contributed by atoms with van der Waals surface area (Å²) in [5.41, 5.74) is -0.397. The van der Waals surface area contributed by atoms with Crippen LogP contribution in [0, 0.1) is 5.92 Å². The lowest BCUT2D eigenvalue weighted by molar-refractivity contribution is -0.137. The first-order valence-electron chi connectivity index (χ1n) is 12.9. The second kappa shape index (κ2) is 10.2. The molecule has 0 saturated carbocycles. The number of rotatable bonds is 4. The fourth-order valence-corrected chi connectivity index (χ4v) is 8.50. The Morgan fingerprint density at radius 1 is 0.925 bits per heavy atom. The van der Waals surface area contributed by atoms with E-state index in [-0.39, 0.29) is 23.0 Å². The topological polar surface area (TPSA) is 79.7 Å². The monoisotopic (exact) mass is 587 g/mol. The molecule has 40 heavy (non-hydrogen) atoms. The number of thioether (sulfide) groups is 1. The van der Waals surface area contributed by atoms with Crippen molar-refractivity contribution < 1.29 is 27.6 Å². The molecule has 0 radical (unpaired) electrons. The molecule has 3 amide bonds. The van der Waals surface area contributed by atoms with Gasteiger partial charge in [0.1, 0.15) is 11.8 Å². The molecule has 2 fully saturated rings. The van der Waals surface area contributed by atoms with E-state index in [2.05, 4.69) is 0 Å². The van der Waals surface area contributed by atoms with Gasteiger partial charge < -0.3 is 4.90 Å². The molecule has 0 N–H and O–H groups in total. The van der Waals surface area contributed by atoms with E-state index in [0.29, 0.717) is 28.6 Å². The highest BCUT2D eigenvalue weighted by molar-refractivity contribution is 8.00. The minimum absolute atomic E-state index is 0.146. The van der Waals surface area contributed by atoms with Crippen LogP contribution in [-0.4, -0.2) is 45.5 Å². The van der Waals surface area contributed by atoms with Crippen LogP contribution in [0.2, 0.25) is 0 Å². The van der Waals surface area contributed by atoms with Crippen LogP contribution in [0.5, 0.6) is 0 Å². The van der Waals surface area contributed by atoms with Crippen molar-refractivity contribution in [2.24, 2.45) is 5.92 Å². The van der Waals surface area contributed by atoms with Gasteiger partial charge in [-0.05, 0) is 43.0 Å². The number of hydrogen-bond acceptors (Lipinski definition) is 6. The largest absolute Gasteiger partial charge is 0.416 e. The van der Waals surface area contributed by atoms with Crippen molar-refractivity contribution in [3.05, 3.63) is 80.3 Å². The summed E-state index contributed by atoms with van der Waals surface area (Å²) in [6, 6.07) is 13.2. The SMILES string of the molecule is O=C(Cn1c2c(sc1=O)[C@H](c1ccccc1)C1C(=O)N(c3cccc(C(F)(F)F)c3)C(=O)C1S2)N1CCCCC1. The number of aromatic nitrogens is 1. The lowest BCUT2D eigenvalue weighted by atomic mass is 9.83. The van der Waals surface area contributed by atoms with Gasteiger partial charge >= 0.3 is 11.0 Å². The third kappa shape index (κ3) is 4.56. The highest BCUT2D eigenvalue weighted by Gasteiger charge is 2.57. The number of alkyl halides is 3. The summed E-state index contributed by atoms with van der Waals surface area (Å²) in [5.74, 6) is -3.03. The standard InChI is InChI=1S/C28H24F3N3O4S2/c29-28(30,31)17-10-7-11-18(14-17)34-24(36)21-20(16-8-3-1-4-9-16)23-26(39-22(21)25(34)37)33(27(38)40-23)15-19(35)32-12-5-2-6-13-32/h1,3-4,7-11,14,20-22H,2,5-6,12-13,15H2/t20-,21?,22?/m1/s1. The number of carbonyl (C=O) groups is 3. The molecule has 1 aromatic heterocycles. The smallest absolute Gasteiger partial charge is 0.341 e. The van der Waals surface area contributed by atoms with Crippen LogP contribution in [0.4, 0.5) is 18.9 Å². The zero-order chi connectivity index (χ0) is 28.2. The Kier molecular flexibility index (Phi) is 6.86. The molecule has 6 rings (SSSR count). The maximum absolute atomic E-state index is 13.9. The summed E-state index contributed by atoms with van der Waals surface area (Å²) in [6.45, 7) is 1.09. The summed E-state index contributed by atoms with van der Waals surface area (Å²) in [5, 5.41) is -0.507. The second-order valence-electron chi connectivity index (χ2n) is 10.1. The molecule has 208 valence electrons. The predicted octanol–water partition coefficient (Wildman–Crippen LogP) is 4.74. The van der Waals surface area contributed by atoms with Crippen LogP contribution in [0.3, 0.4) is 0 Å². The third-order valence-electron chi connectivity index (χ3n) is 7.64. The number of likely N-dealkylation sites (tertiary alicyclic amines) is 1. The number of halogens is 3. The first-order valence-corrected chi connectivity index (χ1v) is 14.6. The predicted molar refractivity (Wildman–Crippen MR) is 144 cm³/mol. The van der Waals surface area contributed by atoms with Crippen LogP contribution < -0.4 is 9.77 Å². The number of carbonyl (C=O) groups excluding carboxylic acids is 3. The molecule has 12 heteroatoms. The van der Waals surface area contributed by atoms with Crippen LogP contribution in [0.15, 0.2) is 64.4 Å². The van der Waals surface area contributed by atoms with Crippen molar-refractivity contribution in [2.75, 3.05) is 18.0 Å². The van der Waals surface area contributed by atoms with E-state index >= 15 is 0 Å². The van der Waals surface area contributed by atoms with E-state index in [1.165, 1.54) is 16.7 Å². The van der Waals surface area contributed by atoms with Gasteiger partial charge in [0, 0.05) is 23.9 Å². The number of thiazole rings is 1. The van der Waals surface area contributed by atoms with E-state index in [1.54, 1.807) is 35.2 Å². The molecule has 2 aromatic carbocycles. The third-order valence-corrected chi connectivity index (χ3v) is 10.2. The summed E-state index contributed by atoms with van der Waals surface area (Å²) in [7, 11) is 0. The zero-order valence-electron chi connectivity index (χ0n) is 21.1. The highest BCUT2D eigenvalue weighted by atomic mass is 32.2. The Bertz CT molecular complexity index is 1550.